The minimum atomic E-state index is 0.767. The summed E-state index contributed by atoms with van der Waals surface area (Å²) >= 11 is 1.52. The Kier molecular flexibility index (Phi) is 3.70. The van der Waals surface area contributed by atoms with E-state index in [2.05, 4.69) is 15.0 Å². The summed E-state index contributed by atoms with van der Waals surface area (Å²) in [6, 6.07) is 0. The van der Waals surface area contributed by atoms with Crippen molar-refractivity contribution in [2.24, 2.45) is 4.99 Å². The van der Waals surface area contributed by atoms with Crippen LogP contribution in [-0.2, 0) is 0 Å². The van der Waals surface area contributed by atoms with Crippen LogP contribution in [0.25, 0.3) is 0 Å². The Balaban J connectivity index is 2.69. The third-order valence-electron chi connectivity index (χ3n) is 1.23. The molecule has 1 aromatic rings. The van der Waals surface area contributed by atoms with Gasteiger partial charge < -0.3 is 4.90 Å². The van der Waals surface area contributed by atoms with E-state index in [1.165, 1.54) is 11.8 Å². The average molecular weight is 196 g/mol. The maximum Gasteiger partial charge on any atom is 0.187 e. The van der Waals surface area contributed by atoms with Crippen LogP contribution in [0.3, 0.4) is 0 Å². The first-order chi connectivity index (χ1) is 6.22. The molecule has 4 nitrogen and oxygen atoms in total. The average Bonchev–Trinajstić information content (AvgIpc) is 2.15. The van der Waals surface area contributed by atoms with Crippen molar-refractivity contribution in [2.75, 3.05) is 20.4 Å². The second-order valence-corrected chi connectivity index (χ2v) is 3.41. The highest BCUT2D eigenvalue weighted by Crippen LogP contribution is 2.11. The highest BCUT2D eigenvalue weighted by atomic mass is 32.2. The molecule has 70 valence electrons. The van der Waals surface area contributed by atoms with Crippen LogP contribution < -0.4 is 0 Å². The summed E-state index contributed by atoms with van der Waals surface area (Å²) in [5.74, 6) is 0. The van der Waals surface area contributed by atoms with Crippen molar-refractivity contribution in [2.45, 2.75) is 5.16 Å². The van der Waals surface area contributed by atoms with Crippen molar-refractivity contribution < 1.29 is 0 Å². The molecule has 0 saturated heterocycles. The van der Waals surface area contributed by atoms with Crippen LogP contribution in [0, 0.1) is 0 Å². The van der Waals surface area contributed by atoms with Gasteiger partial charge in [0.1, 0.15) is 5.69 Å². The molecular weight excluding hydrogens is 184 g/mol. The zero-order valence-corrected chi connectivity index (χ0v) is 8.75. The van der Waals surface area contributed by atoms with E-state index >= 15 is 0 Å². The Hall–Kier alpha value is -1.10. The summed E-state index contributed by atoms with van der Waals surface area (Å²) in [7, 11) is 3.83. The van der Waals surface area contributed by atoms with Gasteiger partial charge in [-0.15, -0.1) is 0 Å². The topological polar surface area (TPSA) is 41.4 Å². The Morgan fingerprint density at radius 2 is 2.00 bits per heavy atom. The highest BCUT2D eigenvalue weighted by Gasteiger charge is 1.92. The maximum absolute atomic E-state index is 4.15. The standard InChI is InChI=1S/C8H12N4S/c1-12(2)6-11-7-4-9-8(13-3)10-5-7/h4-6H,1-3H3. The first kappa shape index (κ1) is 9.98. The van der Waals surface area contributed by atoms with Gasteiger partial charge in [0.2, 0.25) is 0 Å². The van der Waals surface area contributed by atoms with Crippen molar-refractivity contribution in [3.05, 3.63) is 12.4 Å². The lowest BCUT2D eigenvalue weighted by atomic mass is 10.6. The summed E-state index contributed by atoms with van der Waals surface area (Å²) in [4.78, 5) is 14.2. The van der Waals surface area contributed by atoms with Crippen LogP contribution in [0.2, 0.25) is 0 Å². The smallest absolute Gasteiger partial charge is 0.187 e. The van der Waals surface area contributed by atoms with Gasteiger partial charge in [-0.3, -0.25) is 0 Å². The lowest BCUT2D eigenvalue weighted by Crippen LogP contribution is -2.06. The van der Waals surface area contributed by atoms with Gasteiger partial charge in [-0.2, -0.15) is 0 Å². The number of rotatable bonds is 3. The molecule has 0 aliphatic heterocycles. The fourth-order valence-electron chi connectivity index (χ4n) is 0.664. The molecule has 0 N–H and O–H groups in total. The number of nitrogens with zero attached hydrogens (tertiary/aromatic N) is 4. The fourth-order valence-corrected chi connectivity index (χ4v) is 0.980. The van der Waals surface area contributed by atoms with Crippen LogP contribution in [-0.4, -0.2) is 41.6 Å². The summed E-state index contributed by atoms with van der Waals surface area (Å²) in [5.41, 5.74) is 0.770. The minimum Gasteiger partial charge on any atom is -0.369 e. The van der Waals surface area contributed by atoms with E-state index in [4.69, 9.17) is 0 Å². The van der Waals surface area contributed by atoms with Crippen LogP contribution in [0.5, 0.6) is 0 Å². The molecule has 1 rings (SSSR count). The van der Waals surface area contributed by atoms with Crippen molar-refractivity contribution in [3.63, 3.8) is 0 Å². The molecule has 0 unspecified atom stereocenters. The Labute approximate surface area is 82.1 Å². The van der Waals surface area contributed by atoms with Gasteiger partial charge >= 0.3 is 0 Å². The molecule has 0 atom stereocenters. The lowest BCUT2D eigenvalue weighted by Gasteiger charge is -2.01. The second kappa shape index (κ2) is 4.81. The van der Waals surface area contributed by atoms with Crippen molar-refractivity contribution >= 4 is 23.8 Å². The van der Waals surface area contributed by atoms with Crippen LogP contribution >= 0.6 is 11.8 Å². The largest absolute Gasteiger partial charge is 0.369 e. The molecule has 5 heteroatoms. The van der Waals surface area contributed by atoms with E-state index in [1.54, 1.807) is 18.7 Å². The van der Waals surface area contributed by atoms with Crippen molar-refractivity contribution in [3.8, 4) is 0 Å². The van der Waals surface area contributed by atoms with Crippen molar-refractivity contribution in [1.29, 1.82) is 0 Å². The monoisotopic (exact) mass is 196 g/mol. The molecule has 0 aromatic carbocycles. The van der Waals surface area contributed by atoms with Gasteiger partial charge in [0.25, 0.3) is 0 Å². The molecular formula is C8H12N4S. The predicted molar refractivity (Wildman–Crippen MR) is 55.7 cm³/mol. The molecule has 0 radical (unpaired) electrons. The van der Waals surface area contributed by atoms with Gasteiger partial charge in [-0.05, 0) is 6.26 Å². The molecule has 0 fully saturated rings. The second-order valence-electron chi connectivity index (χ2n) is 2.64. The first-order valence-electron chi connectivity index (χ1n) is 3.79. The fraction of sp³-hybridized carbons (Fsp3) is 0.375. The van der Waals surface area contributed by atoms with E-state index in [1.807, 2.05) is 25.3 Å². The van der Waals surface area contributed by atoms with E-state index in [9.17, 15) is 0 Å². The zero-order chi connectivity index (χ0) is 9.68. The normalized spacial score (nSPS) is 10.7. The minimum absolute atomic E-state index is 0.767. The number of hydrogen-bond acceptors (Lipinski definition) is 4. The molecule has 0 aliphatic rings. The number of thioether (sulfide) groups is 1. The summed E-state index contributed by atoms with van der Waals surface area (Å²) in [6.07, 6.45) is 7.08. The number of aliphatic imine (C=N–C) groups is 1. The van der Waals surface area contributed by atoms with Crippen LogP contribution in [0.4, 0.5) is 5.69 Å². The van der Waals surface area contributed by atoms with E-state index in [0.29, 0.717) is 0 Å². The van der Waals surface area contributed by atoms with E-state index < -0.39 is 0 Å². The maximum atomic E-state index is 4.15. The van der Waals surface area contributed by atoms with E-state index in [-0.39, 0.29) is 0 Å². The van der Waals surface area contributed by atoms with Gasteiger partial charge in [-0.25, -0.2) is 15.0 Å². The molecule has 0 bridgehead atoms. The lowest BCUT2D eigenvalue weighted by molar-refractivity contribution is 0.643. The van der Waals surface area contributed by atoms with Gasteiger partial charge in [-0.1, -0.05) is 11.8 Å². The molecule has 0 aliphatic carbocycles. The number of hydrogen-bond donors (Lipinski definition) is 0. The Morgan fingerprint density at radius 1 is 1.38 bits per heavy atom. The van der Waals surface area contributed by atoms with Gasteiger partial charge in [0, 0.05) is 14.1 Å². The third-order valence-corrected chi connectivity index (χ3v) is 1.81. The van der Waals surface area contributed by atoms with Crippen LogP contribution in [0.1, 0.15) is 0 Å². The first-order valence-corrected chi connectivity index (χ1v) is 5.01. The predicted octanol–water partition coefficient (Wildman–Crippen LogP) is 1.42. The summed E-state index contributed by atoms with van der Waals surface area (Å²) in [5, 5.41) is 0.767. The zero-order valence-electron chi connectivity index (χ0n) is 7.93. The Bertz CT molecular complexity index is 281. The van der Waals surface area contributed by atoms with Gasteiger partial charge in [0.15, 0.2) is 5.16 Å². The van der Waals surface area contributed by atoms with Crippen molar-refractivity contribution in [1.82, 2.24) is 14.9 Å². The SMILES string of the molecule is CSc1ncc(N=CN(C)C)cn1. The van der Waals surface area contributed by atoms with Crippen LogP contribution in [0.15, 0.2) is 22.5 Å². The third kappa shape index (κ3) is 3.42. The highest BCUT2D eigenvalue weighted by molar-refractivity contribution is 7.98. The molecule has 0 amide bonds. The van der Waals surface area contributed by atoms with E-state index in [0.717, 1.165) is 10.8 Å². The summed E-state index contributed by atoms with van der Waals surface area (Å²) < 4.78 is 0. The van der Waals surface area contributed by atoms with Gasteiger partial charge in [0.05, 0.1) is 18.7 Å². The molecule has 13 heavy (non-hydrogen) atoms. The number of aromatic nitrogens is 2. The Morgan fingerprint density at radius 3 is 2.46 bits per heavy atom. The quantitative estimate of drug-likeness (QED) is 0.317. The molecule has 1 heterocycles. The molecule has 0 spiro atoms. The molecule has 1 aromatic heterocycles. The summed E-state index contributed by atoms with van der Waals surface area (Å²) in [6.45, 7) is 0. The molecule has 0 saturated carbocycles.